The Morgan fingerprint density at radius 3 is 2.05 bits per heavy atom. The summed E-state index contributed by atoms with van der Waals surface area (Å²) < 4.78 is 17.1. The van der Waals surface area contributed by atoms with Crippen molar-refractivity contribution in [3.8, 4) is 11.5 Å². The SMILES string of the molecule is CCOC1(C)NC(=O)N(C(Cl)(C(=O)Nc2cccc(NC(=O)C(CC)Oc3ccc(C(C)(C)CC)cc3C(C)(C)CC)c2)C(=O)c2ccc(OC)cc2)C1=O. The van der Waals surface area contributed by atoms with E-state index in [0.717, 1.165) is 18.4 Å². The summed E-state index contributed by atoms with van der Waals surface area (Å²) in [6.07, 6.45) is 1.33. The topological polar surface area (TPSA) is 152 Å². The van der Waals surface area contributed by atoms with Gasteiger partial charge in [0.25, 0.3) is 22.7 Å². The first-order chi connectivity index (χ1) is 25.8. The van der Waals surface area contributed by atoms with Gasteiger partial charge in [0.2, 0.25) is 11.5 Å². The zero-order valence-corrected chi connectivity index (χ0v) is 34.1. The van der Waals surface area contributed by atoms with Crippen LogP contribution in [0.1, 0.15) is 103 Å². The van der Waals surface area contributed by atoms with Crippen LogP contribution in [-0.4, -0.2) is 65.0 Å². The maximum atomic E-state index is 14.1. The van der Waals surface area contributed by atoms with E-state index in [0.29, 0.717) is 28.5 Å². The number of nitrogens with one attached hydrogen (secondary N) is 3. The van der Waals surface area contributed by atoms with Crippen LogP contribution >= 0.6 is 11.6 Å². The van der Waals surface area contributed by atoms with Crippen LogP contribution in [0.4, 0.5) is 16.2 Å². The number of anilines is 2. The van der Waals surface area contributed by atoms with Crippen molar-refractivity contribution < 1.29 is 38.2 Å². The summed E-state index contributed by atoms with van der Waals surface area (Å²) in [4.78, 5) is 66.4. The number of nitrogens with zero attached hydrogens (tertiary/aromatic N) is 1. The van der Waals surface area contributed by atoms with Gasteiger partial charge in [-0.25, -0.2) is 9.69 Å². The lowest BCUT2D eigenvalue weighted by Gasteiger charge is -2.32. The second kappa shape index (κ2) is 16.8. The van der Waals surface area contributed by atoms with E-state index in [1.54, 1.807) is 19.1 Å². The predicted molar refractivity (Wildman–Crippen MR) is 213 cm³/mol. The number of methoxy groups -OCH3 is 1. The first-order valence-electron chi connectivity index (χ1n) is 18.5. The van der Waals surface area contributed by atoms with Crippen LogP contribution in [0.15, 0.2) is 66.7 Å². The zero-order valence-electron chi connectivity index (χ0n) is 33.3. The fourth-order valence-electron chi connectivity index (χ4n) is 6.09. The van der Waals surface area contributed by atoms with Gasteiger partial charge in [0.05, 0.1) is 7.11 Å². The fraction of sp³-hybridized carbons (Fsp3) is 0.452. The molecule has 0 saturated carbocycles. The van der Waals surface area contributed by atoms with Crippen molar-refractivity contribution >= 4 is 52.5 Å². The van der Waals surface area contributed by atoms with Crippen LogP contribution in [0.5, 0.6) is 11.5 Å². The number of benzene rings is 3. The third kappa shape index (κ3) is 8.81. The van der Waals surface area contributed by atoms with Crippen LogP contribution < -0.4 is 25.4 Å². The van der Waals surface area contributed by atoms with Crippen molar-refractivity contribution in [2.45, 2.75) is 109 Å². The van der Waals surface area contributed by atoms with E-state index in [-0.39, 0.29) is 28.7 Å². The van der Waals surface area contributed by atoms with Crippen LogP contribution in [0.2, 0.25) is 0 Å². The molecular weight excluding hydrogens is 724 g/mol. The lowest BCUT2D eigenvalue weighted by atomic mass is 9.76. The molecule has 3 aromatic rings. The van der Waals surface area contributed by atoms with Crippen LogP contribution in [-0.2, 0) is 30.0 Å². The molecular formula is C42H53ClN4O8. The molecule has 296 valence electrons. The summed E-state index contributed by atoms with van der Waals surface area (Å²) in [6, 6.07) is 16.9. The molecule has 1 heterocycles. The summed E-state index contributed by atoms with van der Waals surface area (Å²) in [5.41, 5.74) is 0.430. The van der Waals surface area contributed by atoms with E-state index in [4.69, 9.17) is 25.8 Å². The molecule has 4 rings (SSSR count). The number of hydrogen-bond donors (Lipinski definition) is 3. The number of rotatable bonds is 17. The summed E-state index contributed by atoms with van der Waals surface area (Å²) >= 11 is 6.89. The van der Waals surface area contributed by atoms with E-state index in [1.807, 2.05) is 13.0 Å². The summed E-state index contributed by atoms with van der Waals surface area (Å²) in [6.45, 7) is 17.8. The van der Waals surface area contributed by atoms with Gasteiger partial charge in [-0.3, -0.25) is 19.2 Å². The van der Waals surface area contributed by atoms with Crippen molar-refractivity contribution in [1.82, 2.24) is 10.2 Å². The number of urea groups is 1. The quantitative estimate of drug-likeness (QED) is 0.0411. The molecule has 0 bridgehead atoms. The zero-order chi connectivity index (χ0) is 40.9. The number of halogens is 1. The number of ether oxygens (including phenoxy) is 3. The third-order valence-electron chi connectivity index (χ3n) is 10.4. The molecule has 0 aromatic heterocycles. The minimum absolute atomic E-state index is 0.0359. The molecule has 5 amide bonds. The Labute approximate surface area is 328 Å². The summed E-state index contributed by atoms with van der Waals surface area (Å²) in [5, 5.41) is 7.82. The highest BCUT2D eigenvalue weighted by Crippen LogP contribution is 2.39. The molecule has 12 nitrogen and oxygen atoms in total. The smallest absolute Gasteiger partial charge is 0.329 e. The number of amides is 5. The molecule has 1 aliphatic rings. The Morgan fingerprint density at radius 2 is 1.49 bits per heavy atom. The molecule has 13 heteroatoms. The molecule has 0 radical (unpaired) electrons. The van der Waals surface area contributed by atoms with Gasteiger partial charge in [-0.2, -0.15) is 0 Å². The average Bonchev–Trinajstić information content (AvgIpc) is 3.39. The van der Waals surface area contributed by atoms with Crippen molar-refractivity contribution in [3.05, 3.63) is 83.4 Å². The Balaban J connectivity index is 1.62. The second-order valence-corrected chi connectivity index (χ2v) is 15.5. The minimum Gasteiger partial charge on any atom is -0.497 e. The van der Waals surface area contributed by atoms with E-state index in [2.05, 4.69) is 69.6 Å². The number of imide groups is 1. The molecule has 3 atom stereocenters. The first kappa shape index (κ1) is 42.8. The summed E-state index contributed by atoms with van der Waals surface area (Å²) in [5.74, 6) is -2.64. The second-order valence-electron chi connectivity index (χ2n) is 14.9. The molecule has 1 aliphatic heterocycles. The number of ketones is 1. The summed E-state index contributed by atoms with van der Waals surface area (Å²) in [7, 11) is 1.44. The number of alkyl halides is 1. The Kier molecular flexibility index (Phi) is 13.1. The third-order valence-corrected chi connectivity index (χ3v) is 10.9. The molecule has 1 saturated heterocycles. The van der Waals surface area contributed by atoms with E-state index in [9.17, 15) is 24.0 Å². The number of hydrogen-bond acceptors (Lipinski definition) is 8. The van der Waals surface area contributed by atoms with E-state index >= 15 is 0 Å². The van der Waals surface area contributed by atoms with Gasteiger partial charge in [0.15, 0.2) is 6.10 Å². The predicted octanol–water partition coefficient (Wildman–Crippen LogP) is 7.93. The van der Waals surface area contributed by atoms with Gasteiger partial charge in [0, 0.05) is 29.1 Å². The molecule has 3 unspecified atom stereocenters. The molecule has 3 N–H and O–H groups in total. The molecule has 1 fully saturated rings. The highest BCUT2D eigenvalue weighted by molar-refractivity contribution is 6.51. The van der Waals surface area contributed by atoms with Gasteiger partial charge in [-0.15, -0.1) is 0 Å². The standard InChI is InChI=1S/C42H53ClN4O8/c1-11-32(55-33-23-20-27(39(5,6)12-2)24-31(33)40(7,8)13-3)35(49)44-28-16-15-17-29(25-28)45-36(50)42(43,34(48)26-18-21-30(53-10)22-19-26)47-37(51)41(9,54-14-4)46-38(47)52/h15-25,32H,11-14H2,1-10H3,(H,44,49)(H,45,50)(H,46,52). The average molecular weight is 777 g/mol. The van der Waals surface area contributed by atoms with Crippen molar-refractivity contribution in [2.24, 2.45) is 0 Å². The molecule has 55 heavy (non-hydrogen) atoms. The Bertz CT molecular complexity index is 1930. The van der Waals surface area contributed by atoms with Crippen molar-refractivity contribution in [1.29, 1.82) is 0 Å². The maximum Gasteiger partial charge on any atom is 0.329 e. The van der Waals surface area contributed by atoms with Crippen molar-refractivity contribution in [3.63, 3.8) is 0 Å². The molecule has 0 spiro atoms. The molecule has 0 aliphatic carbocycles. The largest absolute Gasteiger partial charge is 0.497 e. The monoisotopic (exact) mass is 776 g/mol. The van der Waals surface area contributed by atoms with E-state index < -0.39 is 46.4 Å². The van der Waals surface area contributed by atoms with Crippen LogP contribution in [0, 0.1) is 0 Å². The van der Waals surface area contributed by atoms with Gasteiger partial charge in [0.1, 0.15) is 11.5 Å². The van der Waals surface area contributed by atoms with Crippen LogP contribution in [0.25, 0.3) is 0 Å². The van der Waals surface area contributed by atoms with Gasteiger partial charge in [-0.05, 0) is 98.0 Å². The Hall–Kier alpha value is -4.94. The van der Waals surface area contributed by atoms with Gasteiger partial charge < -0.3 is 30.2 Å². The number of Topliss-reactive ketones (excluding diaryl/α,β-unsaturated/α-hetero) is 1. The maximum absolute atomic E-state index is 14.1. The fourth-order valence-corrected chi connectivity index (χ4v) is 6.40. The van der Waals surface area contributed by atoms with Crippen LogP contribution in [0.3, 0.4) is 0 Å². The lowest BCUT2D eigenvalue weighted by molar-refractivity contribution is -0.151. The highest BCUT2D eigenvalue weighted by Gasteiger charge is 2.62. The number of carbonyl (C=O) groups is 5. The minimum atomic E-state index is -2.89. The first-order valence-corrected chi connectivity index (χ1v) is 18.9. The highest BCUT2D eigenvalue weighted by atomic mass is 35.5. The normalized spacial score (nSPS) is 17.5. The number of carbonyl (C=O) groups excluding carboxylic acids is 5. The van der Waals surface area contributed by atoms with E-state index in [1.165, 1.54) is 56.0 Å². The lowest BCUT2D eigenvalue weighted by Crippen LogP contribution is -2.61. The van der Waals surface area contributed by atoms with Crippen molar-refractivity contribution in [2.75, 3.05) is 24.4 Å². The van der Waals surface area contributed by atoms with Gasteiger partial charge in [-0.1, -0.05) is 78.3 Å². The molecule has 3 aromatic carbocycles. The van der Waals surface area contributed by atoms with Gasteiger partial charge >= 0.3 is 6.03 Å². The Morgan fingerprint density at radius 1 is 0.873 bits per heavy atom.